The first-order valence-corrected chi connectivity index (χ1v) is 10.8. The standard InChI is InChI=1S/C23H41N3/c1-6-8-10-15-26(16-11-9-7-2)23(19-25(5)17-14-24-23)22-13-12-20(3)21(4)18-22/h12-13,18,24H,6-11,14-17,19H2,1-5H3. The largest absolute Gasteiger partial charge is 0.302 e. The van der Waals surface area contributed by atoms with Crippen LogP contribution in [-0.4, -0.2) is 49.6 Å². The van der Waals surface area contributed by atoms with Gasteiger partial charge in [0, 0.05) is 32.7 Å². The summed E-state index contributed by atoms with van der Waals surface area (Å²) in [6.45, 7) is 14.7. The minimum atomic E-state index is -0.0487. The quantitative estimate of drug-likeness (QED) is 0.612. The van der Waals surface area contributed by atoms with E-state index in [0.717, 1.165) is 19.6 Å². The molecular formula is C23H41N3. The predicted octanol–water partition coefficient (Wildman–Crippen LogP) is 4.67. The topological polar surface area (TPSA) is 18.5 Å². The molecule has 0 aromatic heterocycles. The van der Waals surface area contributed by atoms with Crippen molar-refractivity contribution in [3.05, 3.63) is 34.9 Å². The first-order chi connectivity index (χ1) is 12.5. The second kappa shape index (κ2) is 10.4. The second-order valence-corrected chi connectivity index (χ2v) is 8.23. The molecule has 1 heterocycles. The highest BCUT2D eigenvalue weighted by Gasteiger charge is 2.40. The molecule has 3 heteroatoms. The Bertz CT molecular complexity index is 532. The van der Waals surface area contributed by atoms with Crippen molar-refractivity contribution < 1.29 is 0 Å². The Balaban J connectivity index is 2.35. The van der Waals surface area contributed by atoms with Crippen molar-refractivity contribution in [3.8, 4) is 0 Å². The van der Waals surface area contributed by atoms with Crippen LogP contribution in [-0.2, 0) is 5.66 Å². The number of benzene rings is 1. The highest BCUT2D eigenvalue weighted by Crippen LogP contribution is 2.31. The summed E-state index contributed by atoms with van der Waals surface area (Å²) in [6, 6.07) is 7.09. The molecule has 26 heavy (non-hydrogen) atoms. The van der Waals surface area contributed by atoms with E-state index in [2.05, 4.69) is 68.1 Å². The van der Waals surface area contributed by atoms with Crippen LogP contribution in [0.5, 0.6) is 0 Å². The number of piperazine rings is 1. The SMILES string of the molecule is CCCCCN(CCCCC)C1(c2ccc(C)c(C)c2)CN(C)CCN1. The number of aryl methyl sites for hydroxylation is 2. The minimum Gasteiger partial charge on any atom is -0.302 e. The summed E-state index contributed by atoms with van der Waals surface area (Å²) < 4.78 is 0. The van der Waals surface area contributed by atoms with E-state index < -0.39 is 0 Å². The van der Waals surface area contributed by atoms with Gasteiger partial charge in [0.25, 0.3) is 0 Å². The zero-order valence-electron chi connectivity index (χ0n) is 17.9. The maximum atomic E-state index is 3.96. The van der Waals surface area contributed by atoms with Crippen LogP contribution in [0.2, 0.25) is 0 Å². The van der Waals surface area contributed by atoms with E-state index in [4.69, 9.17) is 0 Å². The molecule has 1 saturated heterocycles. The molecule has 1 aliphatic rings. The van der Waals surface area contributed by atoms with Crippen LogP contribution < -0.4 is 5.32 Å². The number of nitrogens with zero attached hydrogens (tertiary/aromatic N) is 2. The van der Waals surface area contributed by atoms with Gasteiger partial charge in [-0.3, -0.25) is 10.2 Å². The number of hydrogen-bond donors (Lipinski definition) is 1. The van der Waals surface area contributed by atoms with E-state index in [-0.39, 0.29) is 5.66 Å². The fraction of sp³-hybridized carbons (Fsp3) is 0.739. The number of hydrogen-bond acceptors (Lipinski definition) is 3. The van der Waals surface area contributed by atoms with Gasteiger partial charge in [0.05, 0.1) is 0 Å². The van der Waals surface area contributed by atoms with Gasteiger partial charge in [-0.25, -0.2) is 0 Å². The van der Waals surface area contributed by atoms with Crippen molar-refractivity contribution in [1.82, 2.24) is 15.1 Å². The van der Waals surface area contributed by atoms with Gasteiger partial charge in [0.1, 0.15) is 5.66 Å². The lowest BCUT2D eigenvalue weighted by Crippen LogP contribution is -2.66. The molecule has 2 rings (SSSR count). The molecule has 0 bridgehead atoms. The maximum Gasteiger partial charge on any atom is 0.111 e. The van der Waals surface area contributed by atoms with Gasteiger partial charge in [0.2, 0.25) is 0 Å². The Morgan fingerprint density at radius 3 is 2.19 bits per heavy atom. The summed E-state index contributed by atoms with van der Waals surface area (Å²) in [6.07, 6.45) is 7.80. The average Bonchev–Trinajstić information content (AvgIpc) is 2.63. The van der Waals surface area contributed by atoms with E-state index in [0.29, 0.717) is 0 Å². The Kier molecular flexibility index (Phi) is 8.59. The van der Waals surface area contributed by atoms with Crippen molar-refractivity contribution in [3.63, 3.8) is 0 Å². The van der Waals surface area contributed by atoms with Crippen LogP contribution in [0.25, 0.3) is 0 Å². The highest BCUT2D eigenvalue weighted by atomic mass is 15.4. The summed E-state index contributed by atoms with van der Waals surface area (Å²) in [5.41, 5.74) is 4.18. The number of rotatable bonds is 10. The summed E-state index contributed by atoms with van der Waals surface area (Å²) in [4.78, 5) is 5.26. The third-order valence-corrected chi connectivity index (χ3v) is 6.00. The highest BCUT2D eigenvalue weighted by molar-refractivity contribution is 5.35. The lowest BCUT2D eigenvalue weighted by molar-refractivity contribution is -0.00542. The van der Waals surface area contributed by atoms with Crippen molar-refractivity contribution in [1.29, 1.82) is 0 Å². The van der Waals surface area contributed by atoms with Crippen molar-refractivity contribution in [2.24, 2.45) is 0 Å². The number of unbranched alkanes of at least 4 members (excludes halogenated alkanes) is 4. The second-order valence-electron chi connectivity index (χ2n) is 8.23. The molecule has 0 spiro atoms. The third kappa shape index (κ3) is 5.31. The zero-order valence-corrected chi connectivity index (χ0v) is 17.9. The van der Waals surface area contributed by atoms with Crippen LogP contribution in [0, 0.1) is 13.8 Å². The summed E-state index contributed by atoms with van der Waals surface area (Å²) in [5, 5.41) is 3.96. The summed E-state index contributed by atoms with van der Waals surface area (Å²) >= 11 is 0. The lowest BCUT2D eigenvalue weighted by atomic mass is 9.91. The first-order valence-electron chi connectivity index (χ1n) is 10.8. The van der Waals surface area contributed by atoms with Gasteiger partial charge in [-0.05, 0) is 50.4 Å². The van der Waals surface area contributed by atoms with Crippen molar-refractivity contribution in [2.75, 3.05) is 39.8 Å². The smallest absolute Gasteiger partial charge is 0.111 e. The molecule has 0 saturated carbocycles. The first kappa shape index (κ1) is 21.4. The molecule has 0 radical (unpaired) electrons. The minimum absolute atomic E-state index is 0.0487. The van der Waals surface area contributed by atoms with Crippen LogP contribution in [0.4, 0.5) is 0 Å². The molecule has 1 aliphatic heterocycles. The molecule has 3 nitrogen and oxygen atoms in total. The van der Waals surface area contributed by atoms with Crippen molar-refractivity contribution >= 4 is 0 Å². The van der Waals surface area contributed by atoms with Gasteiger partial charge >= 0.3 is 0 Å². The Hall–Kier alpha value is -0.900. The van der Waals surface area contributed by atoms with Gasteiger partial charge in [-0.1, -0.05) is 57.7 Å². The predicted molar refractivity (Wildman–Crippen MR) is 114 cm³/mol. The van der Waals surface area contributed by atoms with Crippen LogP contribution in [0.15, 0.2) is 18.2 Å². The number of likely N-dealkylation sites (N-methyl/N-ethyl adjacent to an activating group) is 1. The van der Waals surface area contributed by atoms with E-state index >= 15 is 0 Å². The molecular weight excluding hydrogens is 318 g/mol. The maximum absolute atomic E-state index is 3.96. The van der Waals surface area contributed by atoms with Crippen LogP contribution in [0.1, 0.15) is 69.1 Å². The molecule has 1 aromatic carbocycles. The molecule has 1 atom stereocenters. The molecule has 1 aromatic rings. The van der Waals surface area contributed by atoms with Gasteiger partial charge in [-0.2, -0.15) is 0 Å². The molecule has 0 amide bonds. The third-order valence-electron chi connectivity index (χ3n) is 6.00. The Morgan fingerprint density at radius 1 is 1.00 bits per heavy atom. The van der Waals surface area contributed by atoms with E-state index in [1.54, 1.807) is 0 Å². The molecule has 0 aliphatic carbocycles. The molecule has 148 valence electrons. The lowest BCUT2D eigenvalue weighted by Gasteiger charge is -2.50. The van der Waals surface area contributed by atoms with E-state index in [1.165, 1.54) is 68.3 Å². The van der Waals surface area contributed by atoms with Gasteiger partial charge < -0.3 is 4.90 Å². The van der Waals surface area contributed by atoms with Crippen LogP contribution in [0.3, 0.4) is 0 Å². The van der Waals surface area contributed by atoms with E-state index in [9.17, 15) is 0 Å². The molecule has 1 fully saturated rings. The molecule has 1 N–H and O–H groups in total. The average molecular weight is 360 g/mol. The normalized spacial score (nSPS) is 21.5. The Morgan fingerprint density at radius 2 is 1.65 bits per heavy atom. The number of nitrogens with one attached hydrogen (secondary N) is 1. The fourth-order valence-corrected chi connectivity index (χ4v) is 4.16. The fourth-order valence-electron chi connectivity index (χ4n) is 4.16. The van der Waals surface area contributed by atoms with Gasteiger partial charge in [-0.15, -0.1) is 0 Å². The van der Waals surface area contributed by atoms with Gasteiger partial charge in [0.15, 0.2) is 0 Å². The summed E-state index contributed by atoms with van der Waals surface area (Å²) in [7, 11) is 2.27. The van der Waals surface area contributed by atoms with E-state index in [1.807, 2.05) is 0 Å². The van der Waals surface area contributed by atoms with Crippen LogP contribution >= 0.6 is 0 Å². The monoisotopic (exact) mass is 359 g/mol. The zero-order chi connectivity index (χ0) is 19.0. The summed E-state index contributed by atoms with van der Waals surface area (Å²) in [5.74, 6) is 0. The molecule has 1 unspecified atom stereocenters. The Labute approximate surface area is 162 Å². The van der Waals surface area contributed by atoms with Crippen molar-refractivity contribution in [2.45, 2.75) is 71.9 Å².